The van der Waals surface area contributed by atoms with E-state index in [9.17, 15) is 14.4 Å². The molecule has 0 aliphatic carbocycles. The van der Waals surface area contributed by atoms with Crippen LogP contribution in [0.5, 0.6) is 11.5 Å². The summed E-state index contributed by atoms with van der Waals surface area (Å²) in [4.78, 5) is 39.3. The van der Waals surface area contributed by atoms with E-state index < -0.39 is 18.5 Å². The molecule has 0 saturated carbocycles. The molecule has 0 unspecified atom stereocenters. The van der Waals surface area contributed by atoms with Gasteiger partial charge in [0.05, 0.1) is 17.7 Å². The molecule has 0 aromatic heterocycles. The summed E-state index contributed by atoms with van der Waals surface area (Å²) in [6.45, 7) is 0.00318. The number of nitrogens with zero attached hydrogens (tertiary/aromatic N) is 1. The molecule has 0 saturated heterocycles. The minimum absolute atomic E-state index is 0.0868. The van der Waals surface area contributed by atoms with Crippen molar-refractivity contribution in [1.82, 2.24) is 5.32 Å². The molecule has 3 aromatic rings. The third-order valence-electron chi connectivity index (χ3n) is 5.25. The van der Waals surface area contributed by atoms with Gasteiger partial charge in [0.1, 0.15) is 12.7 Å². The number of fused-ring (bicyclic) bond motifs is 1. The Morgan fingerprint density at radius 3 is 2.32 bits per heavy atom. The standard InChI is InChI=1S/C26H24N2O6/c1-28(18-9-3-2-4-10-18)25(30)20-11-5-6-12-21(20)26(31)33-17-24(29)27-15-19-16-32-22-13-7-8-14-23(22)34-19/h2-14,19H,15-17H2,1H3,(H,27,29)/t19-/m0/s1. The molecule has 1 N–H and O–H groups in total. The average Bonchev–Trinajstić information content (AvgIpc) is 2.90. The quantitative estimate of drug-likeness (QED) is 0.545. The van der Waals surface area contributed by atoms with Crippen LogP contribution in [0.15, 0.2) is 78.9 Å². The minimum Gasteiger partial charge on any atom is -0.486 e. The number of para-hydroxylation sites is 3. The number of esters is 1. The fraction of sp³-hybridized carbons (Fsp3) is 0.192. The SMILES string of the molecule is CN(C(=O)c1ccccc1C(=O)OCC(=O)NC[C@H]1COc2ccccc2O1)c1ccccc1. The van der Waals surface area contributed by atoms with Crippen LogP contribution in [0.25, 0.3) is 0 Å². The fourth-order valence-corrected chi connectivity index (χ4v) is 3.45. The number of anilines is 1. The topological polar surface area (TPSA) is 94.2 Å². The summed E-state index contributed by atoms with van der Waals surface area (Å²) in [7, 11) is 1.63. The van der Waals surface area contributed by atoms with E-state index in [-0.39, 0.29) is 29.7 Å². The largest absolute Gasteiger partial charge is 0.486 e. The lowest BCUT2D eigenvalue weighted by Crippen LogP contribution is -2.42. The molecule has 1 aliphatic heterocycles. The van der Waals surface area contributed by atoms with Crippen molar-refractivity contribution in [3.05, 3.63) is 90.0 Å². The maximum atomic E-state index is 13.0. The molecule has 8 heteroatoms. The van der Waals surface area contributed by atoms with Crippen LogP contribution in [-0.2, 0) is 9.53 Å². The van der Waals surface area contributed by atoms with Gasteiger partial charge >= 0.3 is 5.97 Å². The highest BCUT2D eigenvalue weighted by atomic mass is 16.6. The second kappa shape index (κ2) is 10.5. The number of amides is 2. The summed E-state index contributed by atoms with van der Waals surface area (Å²) in [5, 5.41) is 2.67. The second-order valence-electron chi connectivity index (χ2n) is 7.62. The third kappa shape index (κ3) is 5.35. The highest BCUT2D eigenvalue weighted by Crippen LogP contribution is 2.30. The highest BCUT2D eigenvalue weighted by molar-refractivity contribution is 6.12. The molecule has 4 rings (SSSR count). The van der Waals surface area contributed by atoms with Crippen LogP contribution >= 0.6 is 0 Å². The van der Waals surface area contributed by atoms with Crippen molar-refractivity contribution in [1.29, 1.82) is 0 Å². The van der Waals surface area contributed by atoms with Gasteiger partial charge in [0.2, 0.25) is 0 Å². The molecule has 0 bridgehead atoms. The predicted molar refractivity (Wildman–Crippen MR) is 125 cm³/mol. The summed E-state index contributed by atoms with van der Waals surface area (Å²) < 4.78 is 16.6. The van der Waals surface area contributed by atoms with Crippen molar-refractivity contribution in [3.8, 4) is 11.5 Å². The Bertz CT molecular complexity index is 1180. The number of carbonyl (C=O) groups excluding carboxylic acids is 3. The van der Waals surface area contributed by atoms with Crippen LogP contribution in [0.3, 0.4) is 0 Å². The van der Waals surface area contributed by atoms with Crippen LogP contribution in [0.1, 0.15) is 20.7 Å². The summed E-state index contributed by atoms with van der Waals surface area (Å²) >= 11 is 0. The van der Waals surface area contributed by atoms with Crippen molar-refractivity contribution in [2.24, 2.45) is 0 Å². The molecule has 0 radical (unpaired) electrons. The van der Waals surface area contributed by atoms with Crippen LogP contribution in [-0.4, -0.2) is 50.7 Å². The lowest BCUT2D eigenvalue weighted by atomic mass is 10.1. The molecule has 2 amide bonds. The first-order valence-electron chi connectivity index (χ1n) is 10.8. The van der Waals surface area contributed by atoms with E-state index in [1.54, 1.807) is 43.4 Å². The van der Waals surface area contributed by atoms with Crippen LogP contribution in [0.4, 0.5) is 5.69 Å². The first-order valence-corrected chi connectivity index (χ1v) is 10.8. The number of rotatable bonds is 7. The van der Waals surface area contributed by atoms with Crippen molar-refractivity contribution in [2.75, 3.05) is 31.7 Å². The number of carbonyl (C=O) groups is 3. The molecule has 0 fully saturated rings. The number of hydrogen-bond donors (Lipinski definition) is 1. The first kappa shape index (κ1) is 22.8. The molecule has 1 heterocycles. The van der Waals surface area contributed by atoms with Gasteiger partial charge in [0.25, 0.3) is 11.8 Å². The smallest absolute Gasteiger partial charge is 0.339 e. The Morgan fingerprint density at radius 1 is 0.912 bits per heavy atom. The van der Waals surface area contributed by atoms with Gasteiger partial charge in [-0.3, -0.25) is 9.59 Å². The van der Waals surface area contributed by atoms with Gasteiger partial charge in [-0.2, -0.15) is 0 Å². The second-order valence-corrected chi connectivity index (χ2v) is 7.62. The summed E-state index contributed by atoms with van der Waals surface area (Å²) in [5.41, 5.74) is 0.959. The van der Waals surface area contributed by atoms with Crippen LogP contribution in [0, 0.1) is 0 Å². The van der Waals surface area contributed by atoms with Crippen LogP contribution in [0.2, 0.25) is 0 Å². The van der Waals surface area contributed by atoms with Gasteiger partial charge in [0, 0.05) is 12.7 Å². The lowest BCUT2D eigenvalue weighted by molar-refractivity contribution is -0.124. The Morgan fingerprint density at radius 2 is 1.56 bits per heavy atom. The van der Waals surface area contributed by atoms with E-state index >= 15 is 0 Å². The third-order valence-corrected chi connectivity index (χ3v) is 5.25. The number of ether oxygens (including phenoxy) is 3. The van der Waals surface area contributed by atoms with Crippen molar-refractivity contribution in [3.63, 3.8) is 0 Å². The minimum atomic E-state index is -0.758. The summed E-state index contributed by atoms with van der Waals surface area (Å²) in [6, 6.07) is 22.7. The highest BCUT2D eigenvalue weighted by Gasteiger charge is 2.23. The predicted octanol–water partition coefficient (Wildman–Crippen LogP) is 3.08. The van der Waals surface area contributed by atoms with Gasteiger partial charge in [-0.25, -0.2) is 4.79 Å². The molecular weight excluding hydrogens is 436 g/mol. The van der Waals surface area contributed by atoms with Gasteiger partial charge in [-0.05, 0) is 36.4 Å². The van der Waals surface area contributed by atoms with E-state index in [0.717, 1.165) is 0 Å². The zero-order valence-corrected chi connectivity index (χ0v) is 18.6. The van der Waals surface area contributed by atoms with E-state index in [4.69, 9.17) is 14.2 Å². The molecular formula is C26H24N2O6. The molecule has 174 valence electrons. The molecule has 1 aliphatic rings. The Balaban J connectivity index is 1.31. The van der Waals surface area contributed by atoms with E-state index in [1.165, 1.54) is 11.0 Å². The Hall–Kier alpha value is -4.33. The maximum absolute atomic E-state index is 13.0. The summed E-state index contributed by atoms with van der Waals surface area (Å²) in [5.74, 6) is -0.336. The van der Waals surface area contributed by atoms with E-state index in [1.807, 2.05) is 36.4 Å². The van der Waals surface area contributed by atoms with Gasteiger partial charge < -0.3 is 24.4 Å². The number of benzene rings is 3. The lowest BCUT2D eigenvalue weighted by Gasteiger charge is -2.26. The van der Waals surface area contributed by atoms with Gasteiger partial charge in [-0.15, -0.1) is 0 Å². The molecule has 34 heavy (non-hydrogen) atoms. The van der Waals surface area contributed by atoms with E-state index in [0.29, 0.717) is 23.8 Å². The first-order chi connectivity index (χ1) is 16.5. The van der Waals surface area contributed by atoms with Gasteiger partial charge in [0.15, 0.2) is 18.1 Å². The normalized spacial score (nSPS) is 14.1. The monoisotopic (exact) mass is 460 g/mol. The van der Waals surface area contributed by atoms with Crippen molar-refractivity contribution < 1.29 is 28.6 Å². The summed E-state index contributed by atoms with van der Waals surface area (Å²) in [6.07, 6.45) is -0.360. The van der Waals surface area contributed by atoms with Crippen LogP contribution < -0.4 is 19.7 Å². The molecule has 3 aromatic carbocycles. The zero-order chi connectivity index (χ0) is 23.9. The van der Waals surface area contributed by atoms with E-state index in [2.05, 4.69) is 5.32 Å². The number of nitrogens with one attached hydrogen (secondary N) is 1. The molecule has 0 spiro atoms. The average molecular weight is 460 g/mol. The Kier molecular flexibility index (Phi) is 7.07. The number of hydrogen-bond acceptors (Lipinski definition) is 6. The molecule has 1 atom stereocenters. The fourth-order valence-electron chi connectivity index (χ4n) is 3.45. The zero-order valence-electron chi connectivity index (χ0n) is 18.6. The van der Waals surface area contributed by atoms with Crippen molar-refractivity contribution >= 4 is 23.5 Å². The Labute approximate surface area is 197 Å². The van der Waals surface area contributed by atoms with Crippen molar-refractivity contribution in [2.45, 2.75) is 6.10 Å². The molecule has 8 nitrogen and oxygen atoms in total. The maximum Gasteiger partial charge on any atom is 0.339 e. The van der Waals surface area contributed by atoms with Gasteiger partial charge in [-0.1, -0.05) is 42.5 Å².